The monoisotopic (exact) mass is 362 g/mol. The van der Waals surface area contributed by atoms with Gasteiger partial charge in [0.1, 0.15) is 5.75 Å². The first-order valence-corrected chi connectivity index (χ1v) is 8.96. The average Bonchev–Trinajstić information content (AvgIpc) is 2.73. The van der Waals surface area contributed by atoms with Crippen LogP contribution in [0.2, 0.25) is 0 Å². The lowest BCUT2D eigenvalue weighted by atomic mass is 10.1. The Labute approximate surface area is 159 Å². The smallest absolute Gasteiger partial charge is 0.277 e. The van der Waals surface area contributed by atoms with Crippen molar-refractivity contribution in [2.75, 3.05) is 19.7 Å². The van der Waals surface area contributed by atoms with E-state index < -0.39 is 0 Å². The minimum atomic E-state index is -0.293. The number of hydrogen-bond donors (Lipinski definition) is 1. The standard InChI is InChI=1S/C21H22N4O2/c22-14-17-6-8-20(9-7-17)27-16-21(26)24-23-19-10-12-25(13-11-19)15-18-4-2-1-3-5-18/h1-9H,10-13,15-16H2,(H,24,26). The predicted molar refractivity (Wildman–Crippen MR) is 103 cm³/mol. The zero-order valence-electron chi connectivity index (χ0n) is 15.1. The number of nitrogens with one attached hydrogen (secondary N) is 1. The number of rotatable bonds is 6. The molecule has 0 unspecified atom stereocenters. The van der Waals surface area contributed by atoms with Crippen molar-refractivity contribution in [3.63, 3.8) is 0 Å². The molecule has 1 aliphatic heterocycles. The topological polar surface area (TPSA) is 77.7 Å². The summed E-state index contributed by atoms with van der Waals surface area (Å²) in [6.45, 7) is 2.71. The highest BCUT2D eigenvalue weighted by Crippen LogP contribution is 2.12. The van der Waals surface area contributed by atoms with Crippen LogP contribution in [-0.2, 0) is 11.3 Å². The summed E-state index contributed by atoms with van der Waals surface area (Å²) in [5, 5.41) is 13.0. The molecule has 1 fully saturated rings. The summed E-state index contributed by atoms with van der Waals surface area (Å²) < 4.78 is 5.39. The summed E-state index contributed by atoms with van der Waals surface area (Å²) in [6, 6.07) is 19.1. The van der Waals surface area contributed by atoms with Gasteiger partial charge in [-0.3, -0.25) is 9.69 Å². The molecule has 3 rings (SSSR count). The summed E-state index contributed by atoms with van der Waals surface area (Å²) in [6.07, 6.45) is 1.70. The van der Waals surface area contributed by atoms with Gasteiger partial charge in [-0.25, -0.2) is 5.43 Å². The lowest BCUT2D eigenvalue weighted by Gasteiger charge is -2.27. The number of carbonyl (C=O) groups excluding carboxylic acids is 1. The maximum atomic E-state index is 11.9. The number of hydrogen-bond acceptors (Lipinski definition) is 5. The van der Waals surface area contributed by atoms with Gasteiger partial charge in [0.25, 0.3) is 5.91 Å². The SMILES string of the molecule is N#Cc1ccc(OCC(=O)NN=C2CCN(Cc3ccccc3)CC2)cc1. The second-order valence-corrected chi connectivity index (χ2v) is 6.40. The van der Waals surface area contributed by atoms with E-state index in [0.29, 0.717) is 11.3 Å². The van der Waals surface area contributed by atoms with Crippen LogP contribution in [0.5, 0.6) is 5.75 Å². The molecule has 0 atom stereocenters. The molecule has 0 spiro atoms. The third-order valence-electron chi connectivity index (χ3n) is 4.37. The minimum Gasteiger partial charge on any atom is -0.484 e. The third kappa shape index (κ3) is 5.94. The highest BCUT2D eigenvalue weighted by molar-refractivity contribution is 5.87. The first-order chi connectivity index (χ1) is 13.2. The van der Waals surface area contributed by atoms with Crippen LogP contribution in [0, 0.1) is 11.3 Å². The fourth-order valence-corrected chi connectivity index (χ4v) is 2.87. The third-order valence-corrected chi connectivity index (χ3v) is 4.37. The van der Waals surface area contributed by atoms with Gasteiger partial charge in [-0.1, -0.05) is 30.3 Å². The fraction of sp³-hybridized carbons (Fsp3) is 0.286. The lowest BCUT2D eigenvalue weighted by molar-refractivity contribution is -0.123. The van der Waals surface area contributed by atoms with Crippen molar-refractivity contribution >= 4 is 11.6 Å². The number of nitrogens with zero attached hydrogens (tertiary/aromatic N) is 3. The van der Waals surface area contributed by atoms with E-state index in [2.05, 4.69) is 39.7 Å². The summed E-state index contributed by atoms with van der Waals surface area (Å²) in [7, 11) is 0. The van der Waals surface area contributed by atoms with Crippen molar-refractivity contribution in [2.24, 2.45) is 5.10 Å². The molecule has 0 aliphatic carbocycles. The number of benzene rings is 2. The molecule has 1 N–H and O–H groups in total. The van der Waals surface area contributed by atoms with Crippen LogP contribution in [-0.4, -0.2) is 36.2 Å². The minimum absolute atomic E-state index is 0.108. The fourth-order valence-electron chi connectivity index (χ4n) is 2.87. The number of nitriles is 1. The van der Waals surface area contributed by atoms with Crippen molar-refractivity contribution in [3.8, 4) is 11.8 Å². The normalized spacial score (nSPS) is 14.3. The van der Waals surface area contributed by atoms with Crippen molar-refractivity contribution in [1.29, 1.82) is 5.26 Å². The van der Waals surface area contributed by atoms with E-state index >= 15 is 0 Å². The average molecular weight is 362 g/mol. The van der Waals surface area contributed by atoms with E-state index in [4.69, 9.17) is 10.00 Å². The number of amides is 1. The van der Waals surface area contributed by atoms with E-state index in [9.17, 15) is 4.79 Å². The Kier molecular flexibility index (Phi) is 6.55. The van der Waals surface area contributed by atoms with Crippen LogP contribution in [0.4, 0.5) is 0 Å². The van der Waals surface area contributed by atoms with E-state index in [-0.39, 0.29) is 12.5 Å². The predicted octanol–water partition coefficient (Wildman–Crippen LogP) is 2.71. The quantitative estimate of drug-likeness (QED) is 0.802. The number of hydrazone groups is 1. The number of ether oxygens (including phenoxy) is 1. The van der Waals surface area contributed by atoms with E-state index in [1.807, 2.05) is 12.1 Å². The molecule has 6 nitrogen and oxygen atoms in total. The van der Waals surface area contributed by atoms with Gasteiger partial charge in [0, 0.05) is 38.2 Å². The Hall–Kier alpha value is -3.17. The number of likely N-dealkylation sites (tertiary alicyclic amines) is 1. The van der Waals surface area contributed by atoms with Gasteiger partial charge < -0.3 is 4.74 Å². The highest BCUT2D eigenvalue weighted by Gasteiger charge is 2.15. The van der Waals surface area contributed by atoms with E-state index in [1.165, 1.54) is 5.56 Å². The molecule has 2 aromatic carbocycles. The Morgan fingerprint density at radius 2 is 1.81 bits per heavy atom. The summed E-state index contributed by atoms with van der Waals surface area (Å²) in [5.74, 6) is 0.254. The van der Waals surface area contributed by atoms with Crippen molar-refractivity contribution in [3.05, 3.63) is 65.7 Å². The number of piperidine rings is 1. The molecule has 6 heteroatoms. The Morgan fingerprint density at radius 3 is 2.48 bits per heavy atom. The van der Waals surface area contributed by atoms with Crippen molar-refractivity contribution in [1.82, 2.24) is 10.3 Å². The Morgan fingerprint density at radius 1 is 1.11 bits per heavy atom. The van der Waals surface area contributed by atoms with Crippen LogP contribution in [0.25, 0.3) is 0 Å². The summed E-state index contributed by atoms with van der Waals surface area (Å²) >= 11 is 0. The maximum absolute atomic E-state index is 11.9. The van der Waals surface area contributed by atoms with Crippen molar-refractivity contribution < 1.29 is 9.53 Å². The molecule has 0 bridgehead atoms. The van der Waals surface area contributed by atoms with Crippen LogP contribution in [0.3, 0.4) is 0 Å². The molecule has 1 aliphatic rings. The first kappa shape index (κ1) is 18.6. The molecular weight excluding hydrogens is 340 g/mol. The van der Waals surface area contributed by atoms with Gasteiger partial charge in [-0.15, -0.1) is 0 Å². The molecule has 2 aromatic rings. The zero-order valence-corrected chi connectivity index (χ0v) is 15.1. The molecule has 1 saturated heterocycles. The molecule has 27 heavy (non-hydrogen) atoms. The van der Waals surface area contributed by atoms with Crippen LogP contribution < -0.4 is 10.2 Å². The van der Waals surface area contributed by atoms with Gasteiger partial charge in [0.05, 0.1) is 11.6 Å². The van der Waals surface area contributed by atoms with E-state index in [1.54, 1.807) is 24.3 Å². The molecule has 0 saturated carbocycles. The highest BCUT2D eigenvalue weighted by atomic mass is 16.5. The molecule has 1 amide bonds. The van der Waals surface area contributed by atoms with Crippen molar-refractivity contribution in [2.45, 2.75) is 19.4 Å². The summed E-state index contributed by atoms with van der Waals surface area (Å²) in [4.78, 5) is 14.3. The van der Waals surface area contributed by atoms with Gasteiger partial charge >= 0.3 is 0 Å². The Bertz CT molecular complexity index is 816. The first-order valence-electron chi connectivity index (χ1n) is 8.96. The second-order valence-electron chi connectivity index (χ2n) is 6.40. The van der Waals surface area contributed by atoms with Crippen LogP contribution in [0.1, 0.15) is 24.0 Å². The van der Waals surface area contributed by atoms with Crippen LogP contribution in [0.15, 0.2) is 59.7 Å². The number of carbonyl (C=O) groups is 1. The molecular formula is C21H22N4O2. The zero-order chi connectivity index (χ0) is 18.9. The lowest BCUT2D eigenvalue weighted by Crippen LogP contribution is -2.35. The molecule has 0 radical (unpaired) electrons. The van der Waals surface area contributed by atoms with Gasteiger partial charge in [0.15, 0.2) is 6.61 Å². The molecule has 1 heterocycles. The van der Waals surface area contributed by atoms with Gasteiger partial charge in [-0.2, -0.15) is 10.4 Å². The van der Waals surface area contributed by atoms with Gasteiger partial charge in [-0.05, 0) is 29.8 Å². The Balaban J connectivity index is 1.38. The maximum Gasteiger partial charge on any atom is 0.277 e. The molecule has 0 aromatic heterocycles. The van der Waals surface area contributed by atoms with Gasteiger partial charge in [0.2, 0.25) is 0 Å². The second kappa shape index (κ2) is 9.51. The molecule has 138 valence electrons. The summed E-state index contributed by atoms with van der Waals surface area (Å²) in [5.41, 5.74) is 5.43. The van der Waals surface area contributed by atoms with E-state index in [0.717, 1.165) is 38.2 Å². The largest absolute Gasteiger partial charge is 0.484 e. The van der Waals surface area contributed by atoms with Crippen LogP contribution >= 0.6 is 0 Å².